The van der Waals surface area contributed by atoms with Gasteiger partial charge in [-0.15, -0.1) is 0 Å². The first-order valence-electron chi connectivity index (χ1n) is 7.19. The summed E-state index contributed by atoms with van der Waals surface area (Å²) in [7, 11) is 4.66. The van der Waals surface area contributed by atoms with Gasteiger partial charge in [-0.1, -0.05) is 12.1 Å². The number of methoxy groups -OCH3 is 2. The summed E-state index contributed by atoms with van der Waals surface area (Å²) in [6, 6.07) is 11.2. The minimum Gasteiger partial charge on any atom is -0.496 e. The molecule has 3 rings (SSSR count). The Morgan fingerprint density at radius 2 is 1.96 bits per heavy atom. The van der Waals surface area contributed by atoms with Crippen LogP contribution >= 0.6 is 0 Å². The third-order valence-corrected chi connectivity index (χ3v) is 3.62. The summed E-state index contributed by atoms with van der Waals surface area (Å²) < 4.78 is 21.2. The van der Waals surface area contributed by atoms with Crippen LogP contribution in [-0.4, -0.2) is 27.7 Å². The van der Waals surface area contributed by atoms with Crippen LogP contribution in [0.15, 0.2) is 36.4 Å². The van der Waals surface area contributed by atoms with Crippen molar-refractivity contribution in [2.45, 2.75) is 13.0 Å². The van der Waals surface area contributed by atoms with E-state index in [2.05, 4.69) is 4.74 Å². The number of hydrogen-bond acceptors (Lipinski definition) is 5. The molecular weight excluding hydrogens is 295 g/mol. The number of rotatable bonds is 5. The molecule has 0 amide bonds. The summed E-state index contributed by atoms with van der Waals surface area (Å²) in [4.78, 5) is 11.4. The molecule has 2 aromatic rings. The molecule has 0 saturated heterocycles. The first-order chi connectivity index (χ1) is 11.2. The molecule has 2 aromatic carbocycles. The van der Waals surface area contributed by atoms with E-state index in [1.165, 1.54) is 7.11 Å². The van der Waals surface area contributed by atoms with E-state index in [-0.39, 0.29) is 12.4 Å². The Bertz CT molecular complexity index is 729. The second-order valence-electron chi connectivity index (χ2n) is 5.12. The van der Waals surface area contributed by atoms with E-state index in [9.17, 15) is 4.79 Å². The summed E-state index contributed by atoms with van der Waals surface area (Å²) in [6.45, 7) is 0.563. The SMILES string of the molecule is COC(=O)Cc1ccc(Oc2ccc3c(c2)CO[B]3)cc1OC. The molecule has 117 valence electrons. The van der Waals surface area contributed by atoms with Gasteiger partial charge in [0.15, 0.2) is 0 Å². The fourth-order valence-corrected chi connectivity index (χ4v) is 2.40. The van der Waals surface area contributed by atoms with Crippen molar-refractivity contribution in [2.75, 3.05) is 14.2 Å². The third kappa shape index (κ3) is 3.48. The molecule has 0 unspecified atom stereocenters. The van der Waals surface area contributed by atoms with E-state index < -0.39 is 0 Å². The molecule has 0 atom stereocenters. The predicted octanol–water partition coefficient (Wildman–Crippen LogP) is 1.98. The lowest BCUT2D eigenvalue weighted by atomic mass is 9.87. The maximum atomic E-state index is 11.4. The largest absolute Gasteiger partial charge is 0.496 e. The zero-order chi connectivity index (χ0) is 16.2. The topological polar surface area (TPSA) is 54.0 Å². The van der Waals surface area contributed by atoms with E-state index in [1.807, 2.05) is 18.2 Å². The van der Waals surface area contributed by atoms with Crippen molar-refractivity contribution in [2.24, 2.45) is 0 Å². The van der Waals surface area contributed by atoms with Crippen molar-refractivity contribution in [1.82, 2.24) is 0 Å². The monoisotopic (exact) mass is 311 g/mol. The number of benzene rings is 2. The van der Waals surface area contributed by atoms with Crippen LogP contribution in [0, 0.1) is 0 Å². The Hall–Kier alpha value is -2.47. The van der Waals surface area contributed by atoms with Crippen LogP contribution in [0.4, 0.5) is 0 Å². The average molecular weight is 311 g/mol. The quantitative estimate of drug-likeness (QED) is 0.624. The van der Waals surface area contributed by atoms with Crippen LogP contribution in [0.3, 0.4) is 0 Å². The van der Waals surface area contributed by atoms with E-state index in [0.717, 1.165) is 22.3 Å². The van der Waals surface area contributed by atoms with Crippen molar-refractivity contribution < 1.29 is 23.7 Å². The molecule has 0 N–H and O–H groups in total. The highest BCUT2D eigenvalue weighted by Gasteiger charge is 2.15. The molecule has 1 aliphatic heterocycles. The second kappa shape index (κ2) is 6.75. The van der Waals surface area contributed by atoms with Gasteiger partial charge in [0.1, 0.15) is 17.2 Å². The van der Waals surface area contributed by atoms with E-state index in [0.29, 0.717) is 18.1 Å². The Labute approximate surface area is 135 Å². The second-order valence-corrected chi connectivity index (χ2v) is 5.12. The van der Waals surface area contributed by atoms with Crippen LogP contribution in [0.5, 0.6) is 17.2 Å². The lowest BCUT2D eigenvalue weighted by molar-refractivity contribution is -0.139. The lowest BCUT2D eigenvalue weighted by Gasteiger charge is -2.12. The Morgan fingerprint density at radius 3 is 2.74 bits per heavy atom. The first kappa shape index (κ1) is 15.4. The summed E-state index contributed by atoms with van der Waals surface area (Å²) in [5.74, 6) is 1.64. The van der Waals surface area contributed by atoms with Gasteiger partial charge in [-0.3, -0.25) is 4.79 Å². The van der Waals surface area contributed by atoms with Crippen LogP contribution in [0.2, 0.25) is 0 Å². The predicted molar refractivity (Wildman–Crippen MR) is 85.4 cm³/mol. The van der Waals surface area contributed by atoms with Gasteiger partial charge in [0.05, 0.1) is 27.2 Å². The Morgan fingerprint density at radius 1 is 1.17 bits per heavy atom. The van der Waals surface area contributed by atoms with Gasteiger partial charge < -0.3 is 18.9 Å². The average Bonchev–Trinajstić information content (AvgIpc) is 3.03. The number of hydrogen-bond donors (Lipinski definition) is 0. The molecule has 0 bridgehead atoms. The normalized spacial score (nSPS) is 12.3. The molecular formula is C17H16BO5. The molecule has 0 aliphatic carbocycles. The number of ether oxygens (including phenoxy) is 3. The molecule has 0 aromatic heterocycles. The summed E-state index contributed by atoms with van der Waals surface area (Å²) in [5.41, 5.74) is 2.92. The minimum atomic E-state index is -0.313. The van der Waals surface area contributed by atoms with Gasteiger partial charge >= 0.3 is 13.5 Å². The Kier molecular flexibility index (Phi) is 4.53. The molecule has 0 spiro atoms. The minimum absolute atomic E-state index is 0.159. The van der Waals surface area contributed by atoms with Gasteiger partial charge in [-0.05, 0) is 29.2 Å². The molecule has 0 saturated carbocycles. The van der Waals surface area contributed by atoms with Crippen molar-refractivity contribution in [3.05, 3.63) is 47.5 Å². The molecule has 1 aliphatic rings. The maximum absolute atomic E-state index is 11.4. The number of esters is 1. The van der Waals surface area contributed by atoms with Gasteiger partial charge in [-0.2, -0.15) is 0 Å². The van der Waals surface area contributed by atoms with Crippen molar-refractivity contribution in [3.8, 4) is 17.2 Å². The standard InChI is InChI=1S/C17H16BO5/c1-20-16-9-14(4-3-11(16)8-17(19)21-2)23-13-5-6-15-12(7-13)10-22-18-15/h3-7,9H,8,10H2,1-2H3. The van der Waals surface area contributed by atoms with E-state index in [4.69, 9.17) is 14.1 Å². The van der Waals surface area contributed by atoms with E-state index in [1.54, 1.807) is 32.8 Å². The van der Waals surface area contributed by atoms with Crippen LogP contribution in [-0.2, 0) is 27.2 Å². The zero-order valence-corrected chi connectivity index (χ0v) is 13.0. The molecule has 23 heavy (non-hydrogen) atoms. The fraction of sp³-hybridized carbons (Fsp3) is 0.235. The highest BCUT2D eigenvalue weighted by Crippen LogP contribution is 2.29. The maximum Gasteiger partial charge on any atom is 0.330 e. The third-order valence-electron chi connectivity index (χ3n) is 3.62. The van der Waals surface area contributed by atoms with Crippen LogP contribution in [0.25, 0.3) is 0 Å². The number of carbonyl (C=O) groups is 1. The summed E-state index contributed by atoms with van der Waals surface area (Å²) in [5, 5.41) is 0. The fourth-order valence-electron chi connectivity index (χ4n) is 2.40. The zero-order valence-electron chi connectivity index (χ0n) is 13.0. The van der Waals surface area contributed by atoms with Gasteiger partial charge in [0.2, 0.25) is 0 Å². The van der Waals surface area contributed by atoms with Gasteiger partial charge in [0.25, 0.3) is 0 Å². The number of carbonyl (C=O) groups excluding carboxylic acids is 1. The molecule has 1 radical (unpaired) electrons. The van der Waals surface area contributed by atoms with Crippen molar-refractivity contribution in [3.63, 3.8) is 0 Å². The van der Waals surface area contributed by atoms with Gasteiger partial charge in [0, 0.05) is 11.6 Å². The van der Waals surface area contributed by atoms with Crippen molar-refractivity contribution in [1.29, 1.82) is 0 Å². The molecule has 1 heterocycles. The van der Waals surface area contributed by atoms with Gasteiger partial charge in [-0.25, -0.2) is 0 Å². The molecule has 6 heteroatoms. The van der Waals surface area contributed by atoms with E-state index >= 15 is 0 Å². The smallest absolute Gasteiger partial charge is 0.330 e. The molecule has 5 nitrogen and oxygen atoms in total. The first-order valence-corrected chi connectivity index (χ1v) is 7.19. The number of fused-ring (bicyclic) bond motifs is 1. The van der Waals surface area contributed by atoms with Crippen LogP contribution in [0.1, 0.15) is 11.1 Å². The highest BCUT2D eigenvalue weighted by atomic mass is 16.5. The summed E-state index contributed by atoms with van der Waals surface area (Å²) in [6.07, 6.45) is 0.159. The molecule has 0 fully saturated rings. The Balaban J connectivity index is 1.79. The van der Waals surface area contributed by atoms with Crippen LogP contribution < -0.4 is 14.9 Å². The lowest BCUT2D eigenvalue weighted by Crippen LogP contribution is -2.10. The van der Waals surface area contributed by atoms with Crippen molar-refractivity contribution >= 4 is 18.9 Å². The summed E-state index contributed by atoms with van der Waals surface area (Å²) >= 11 is 0. The highest BCUT2D eigenvalue weighted by molar-refractivity contribution is 6.48.